The van der Waals surface area contributed by atoms with E-state index in [9.17, 15) is 28.0 Å². The minimum atomic E-state index is -4.94. The Morgan fingerprint density at radius 1 is 1.18 bits per heavy atom. The molecule has 1 unspecified atom stereocenters. The first-order valence-corrected chi connectivity index (χ1v) is 11.4. The van der Waals surface area contributed by atoms with Crippen molar-refractivity contribution in [2.45, 2.75) is 25.4 Å². The number of allylic oxidation sites excluding steroid dienone is 1. The maximum absolute atomic E-state index is 13.5. The van der Waals surface area contributed by atoms with E-state index in [1.54, 1.807) is 24.3 Å². The Morgan fingerprint density at radius 2 is 1.89 bits per heavy atom. The van der Waals surface area contributed by atoms with E-state index in [0.29, 0.717) is 16.8 Å². The van der Waals surface area contributed by atoms with Gasteiger partial charge in [-0.15, -0.1) is 13.2 Å². The van der Waals surface area contributed by atoms with Gasteiger partial charge in [0.2, 0.25) is 0 Å². The second kappa shape index (κ2) is 10.5. The van der Waals surface area contributed by atoms with Crippen molar-refractivity contribution >= 4 is 22.8 Å². The van der Waals surface area contributed by atoms with Crippen LogP contribution in [0.25, 0.3) is 11.2 Å². The monoisotopic (exact) mass is 545 g/mol. The standard InChI is InChI=1S/C25H19ClF3N5O4/c1-32-22-20(23(36)33(24(32)37)10-3-11-35)34(14-15-6-8-17(26)9-7-15)21(31-22)19(13-30)16-4-2-5-18(12-16)38-25(27,28)29/h2-9,11-12,19,35H,10,14H2,1H3/b11-3+. The number of hydrogen-bond donors (Lipinski definition) is 1. The maximum Gasteiger partial charge on any atom is 0.573 e. The van der Waals surface area contributed by atoms with Gasteiger partial charge in [-0.05, 0) is 41.5 Å². The number of aromatic nitrogens is 4. The van der Waals surface area contributed by atoms with Crippen LogP contribution in [0.5, 0.6) is 5.75 Å². The van der Waals surface area contributed by atoms with E-state index in [-0.39, 0.29) is 35.6 Å². The molecule has 0 fully saturated rings. The van der Waals surface area contributed by atoms with Crippen LogP contribution in [-0.4, -0.2) is 30.2 Å². The van der Waals surface area contributed by atoms with Crippen molar-refractivity contribution in [1.29, 1.82) is 5.26 Å². The Bertz CT molecular complexity index is 1680. The van der Waals surface area contributed by atoms with Crippen molar-refractivity contribution in [2.75, 3.05) is 0 Å². The molecule has 196 valence electrons. The van der Waals surface area contributed by atoms with E-state index < -0.39 is 29.3 Å². The summed E-state index contributed by atoms with van der Waals surface area (Å²) in [5.41, 5.74) is -0.647. The molecule has 4 aromatic rings. The molecule has 0 radical (unpaired) electrons. The maximum atomic E-state index is 13.5. The summed E-state index contributed by atoms with van der Waals surface area (Å²) >= 11 is 5.99. The summed E-state index contributed by atoms with van der Waals surface area (Å²) < 4.78 is 45.9. The van der Waals surface area contributed by atoms with Crippen LogP contribution in [0.1, 0.15) is 22.9 Å². The second-order valence-electron chi connectivity index (χ2n) is 8.18. The molecule has 0 bridgehead atoms. The van der Waals surface area contributed by atoms with Crippen LogP contribution in [0.3, 0.4) is 0 Å². The van der Waals surface area contributed by atoms with Gasteiger partial charge >= 0.3 is 12.1 Å². The lowest BCUT2D eigenvalue weighted by Gasteiger charge is -2.15. The number of ether oxygens (including phenoxy) is 1. The number of aryl methyl sites for hydroxylation is 1. The van der Waals surface area contributed by atoms with Crippen molar-refractivity contribution in [3.63, 3.8) is 0 Å². The van der Waals surface area contributed by atoms with Gasteiger partial charge in [0, 0.05) is 18.6 Å². The number of hydrogen-bond acceptors (Lipinski definition) is 6. The van der Waals surface area contributed by atoms with Gasteiger partial charge in [-0.25, -0.2) is 9.78 Å². The van der Waals surface area contributed by atoms with Crippen LogP contribution in [0.2, 0.25) is 5.02 Å². The van der Waals surface area contributed by atoms with Crippen molar-refractivity contribution in [3.05, 3.63) is 104 Å². The van der Waals surface area contributed by atoms with Gasteiger partial charge in [-0.3, -0.25) is 13.9 Å². The molecule has 0 spiro atoms. The molecular formula is C25H19ClF3N5O4. The molecule has 0 aliphatic rings. The Morgan fingerprint density at radius 3 is 2.53 bits per heavy atom. The number of alkyl halides is 3. The summed E-state index contributed by atoms with van der Waals surface area (Å²) in [7, 11) is 1.39. The highest BCUT2D eigenvalue weighted by molar-refractivity contribution is 6.30. The molecular weight excluding hydrogens is 527 g/mol. The number of benzene rings is 2. The summed E-state index contributed by atoms with van der Waals surface area (Å²) in [6.45, 7) is -0.193. The molecule has 1 N–H and O–H groups in total. The lowest BCUT2D eigenvalue weighted by Crippen LogP contribution is -2.39. The molecule has 2 aromatic heterocycles. The number of nitrogens with zero attached hydrogens (tertiary/aromatic N) is 5. The van der Waals surface area contributed by atoms with Gasteiger partial charge < -0.3 is 14.4 Å². The molecule has 13 heteroatoms. The van der Waals surface area contributed by atoms with Gasteiger partial charge in [0.1, 0.15) is 17.5 Å². The Kier molecular flexibility index (Phi) is 7.32. The third-order valence-electron chi connectivity index (χ3n) is 5.72. The largest absolute Gasteiger partial charge is 0.573 e. The molecule has 9 nitrogen and oxygen atoms in total. The molecule has 2 heterocycles. The first-order valence-electron chi connectivity index (χ1n) is 11.0. The predicted octanol–water partition coefficient (Wildman–Crippen LogP) is 4.22. The van der Waals surface area contributed by atoms with Crippen molar-refractivity contribution < 1.29 is 23.0 Å². The summed E-state index contributed by atoms with van der Waals surface area (Å²) in [6, 6.07) is 13.6. The van der Waals surface area contributed by atoms with Gasteiger partial charge in [0.25, 0.3) is 5.56 Å². The second-order valence-corrected chi connectivity index (χ2v) is 8.62. The number of rotatable bonds is 7. The van der Waals surface area contributed by atoms with Crippen LogP contribution in [0.4, 0.5) is 13.2 Å². The van der Waals surface area contributed by atoms with E-state index in [2.05, 4.69) is 9.72 Å². The molecule has 0 saturated carbocycles. The van der Waals surface area contributed by atoms with Gasteiger partial charge in [0.15, 0.2) is 11.2 Å². The Hall–Kier alpha value is -4.50. The Balaban J connectivity index is 1.98. The van der Waals surface area contributed by atoms with Crippen LogP contribution in [-0.2, 0) is 20.1 Å². The van der Waals surface area contributed by atoms with E-state index >= 15 is 0 Å². The zero-order valence-electron chi connectivity index (χ0n) is 19.7. The Labute approximate surface area is 217 Å². The molecule has 0 aliphatic heterocycles. The lowest BCUT2D eigenvalue weighted by atomic mass is 9.99. The van der Waals surface area contributed by atoms with E-state index in [0.717, 1.165) is 21.3 Å². The summed E-state index contributed by atoms with van der Waals surface area (Å²) in [5, 5.41) is 19.6. The molecule has 2 aromatic carbocycles. The van der Waals surface area contributed by atoms with E-state index in [1.165, 1.54) is 29.8 Å². The number of halogens is 4. The average molecular weight is 546 g/mol. The lowest BCUT2D eigenvalue weighted by molar-refractivity contribution is -0.274. The van der Waals surface area contributed by atoms with Gasteiger partial charge in [-0.2, -0.15) is 5.26 Å². The fourth-order valence-corrected chi connectivity index (χ4v) is 4.15. The number of aliphatic hydroxyl groups is 1. The highest BCUT2D eigenvalue weighted by Gasteiger charge is 2.32. The first kappa shape index (κ1) is 26.6. The highest BCUT2D eigenvalue weighted by atomic mass is 35.5. The highest BCUT2D eigenvalue weighted by Crippen LogP contribution is 2.31. The van der Waals surface area contributed by atoms with Gasteiger partial charge in [-0.1, -0.05) is 35.9 Å². The van der Waals surface area contributed by atoms with E-state index in [1.807, 2.05) is 6.07 Å². The zero-order chi connectivity index (χ0) is 27.6. The van der Waals surface area contributed by atoms with Crippen molar-refractivity contribution in [3.8, 4) is 11.8 Å². The van der Waals surface area contributed by atoms with Gasteiger partial charge in [0.05, 0.1) is 18.9 Å². The number of imidazole rings is 1. The first-order chi connectivity index (χ1) is 18.0. The topological polar surface area (TPSA) is 115 Å². The predicted molar refractivity (Wildman–Crippen MR) is 132 cm³/mol. The third-order valence-corrected chi connectivity index (χ3v) is 5.97. The minimum Gasteiger partial charge on any atom is -0.516 e. The minimum absolute atomic E-state index is 0.00802. The van der Waals surface area contributed by atoms with Crippen LogP contribution < -0.4 is 16.0 Å². The van der Waals surface area contributed by atoms with Crippen LogP contribution >= 0.6 is 11.6 Å². The smallest absolute Gasteiger partial charge is 0.516 e. The fraction of sp³-hybridized carbons (Fsp3) is 0.200. The van der Waals surface area contributed by atoms with Crippen molar-refractivity contribution in [2.24, 2.45) is 7.05 Å². The SMILES string of the molecule is Cn1c(=O)n(C/C=C/O)c(=O)c2c1nc(C(C#N)c1cccc(OC(F)(F)F)c1)n2Cc1ccc(Cl)cc1. The quantitative estimate of drug-likeness (QED) is 0.348. The third kappa shape index (κ3) is 5.28. The number of nitriles is 1. The molecule has 38 heavy (non-hydrogen) atoms. The average Bonchev–Trinajstić information content (AvgIpc) is 3.23. The molecule has 0 amide bonds. The van der Waals surface area contributed by atoms with E-state index in [4.69, 9.17) is 16.7 Å². The summed E-state index contributed by atoms with van der Waals surface area (Å²) in [4.78, 5) is 30.8. The molecule has 0 aliphatic carbocycles. The normalized spacial score (nSPS) is 12.6. The molecule has 1 atom stereocenters. The van der Waals surface area contributed by atoms with Crippen LogP contribution in [0, 0.1) is 11.3 Å². The zero-order valence-corrected chi connectivity index (χ0v) is 20.4. The summed E-state index contributed by atoms with van der Waals surface area (Å²) in [6.07, 6.45) is -3.03. The van der Waals surface area contributed by atoms with Crippen LogP contribution in [0.15, 0.2) is 70.5 Å². The summed E-state index contributed by atoms with van der Waals surface area (Å²) in [5.74, 6) is -1.72. The number of aliphatic hydroxyl groups excluding tert-OH is 1. The number of fused-ring (bicyclic) bond motifs is 1. The van der Waals surface area contributed by atoms with Crippen molar-refractivity contribution in [1.82, 2.24) is 18.7 Å². The molecule has 4 rings (SSSR count). The molecule has 0 saturated heterocycles. The fourth-order valence-electron chi connectivity index (χ4n) is 4.03.